The van der Waals surface area contributed by atoms with Gasteiger partial charge in [-0.15, -0.1) is 0 Å². The SMILES string of the molecule is COC(=O)C(CC(=O)N1CCOCC1)CC1CCCCC1. The molecule has 1 unspecified atom stereocenters. The molecule has 0 bridgehead atoms. The summed E-state index contributed by atoms with van der Waals surface area (Å²) in [5, 5.41) is 0. The van der Waals surface area contributed by atoms with E-state index in [4.69, 9.17) is 9.47 Å². The Labute approximate surface area is 127 Å². The third kappa shape index (κ3) is 4.99. The van der Waals surface area contributed by atoms with Crippen molar-refractivity contribution in [3.05, 3.63) is 0 Å². The van der Waals surface area contributed by atoms with E-state index in [0.717, 1.165) is 6.42 Å². The molecule has 21 heavy (non-hydrogen) atoms. The molecular weight excluding hydrogens is 270 g/mol. The zero-order valence-corrected chi connectivity index (χ0v) is 13.0. The molecule has 1 saturated carbocycles. The maximum atomic E-state index is 12.3. The number of carbonyl (C=O) groups is 2. The van der Waals surface area contributed by atoms with Crippen LogP contribution in [0.1, 0.15) is 44.9 Å². The van der Waals surface area contributed by atoms with Crippen LogP contribution < -0.4 is 0 Å². The van der Waals surface area contributed by atoms with E-state index in [1.807, 2.05) is 0 Å². The molecule has 1 amide bonds. The van der Waals surface area contributed by atoms with Crippen molar-refractivity contribution in [2.75, 3.05) is 33.4 Å². The smallest absolute Gasteiger partial charge is 0.309 e. The van der Waals surface area contributed by atoms with Crippen LogP contribution in [-0.2, 0) is 19.1 Å². The molecule has 1 heterocycles. The molecule has 1 saturated heterocycles. The number of nitrogens with zero attached hydrogens (tertiary/aromatic N) is 1. The maximum Gasteiger partial charge on any atom is 0.309 e. The van der Waals surface area contributed by atoms with Crippen molar-refractivity contribution in [2.24, 2.45) is 11.8 Å². The lowest BCUT2D eigenvalue weighted by atomic mass is 9.81. The number of esters is 1. The highest BCUT2D eigenvalue weighted by Gasteiger charge is 2.29. The standard InChI is InChI=1S/C16H27NO4/c1-20-16(19)14(11-13-5-3-2-4-6-13)12-15(18)17-7-9-21-10-8-17/h13-14H,2-12H2,1H3. The van der Waals surface area contributed by atoms with E-state index in [0.29, 0.717) is 32.2 Å². The zero-order valence-electron chi connectivity index (χ0n) is 13.0. The van der Waals surface area contributed by atoms with Gasteiger partial charge in [-0.05, 0) is 12.3 Å². The maximum absolute atomic E-state index is 12.3. The van der Waals surface area contributed by atoms with Crippen LogP contribution in [0.5, 0.6) is 0 Å². The lowest BCUT2D eigenvalue weighted by Crippen LogP contribution is -2.42. The van der Waals surface area contributed by atoms with Gasteiger partial charge >= 0.3 is 5.97 Å². The highest BCUT2D eigenvalue weighted by molar-refractivity contribution is 5.83. The number of rotatable bonds is 5. The van der Waals surface area contributed by atoms with Crippen LogP contribution >= 0.6 is 0 Å². The zero-order chi connectivity index (χ0) is 15.1. The Morgan fingerprint density at radius 2 is 1.86 bits per heavy atom. The van der Waals surface area contributed by atoms with E-state index >= 15 is 0 Å². The number of carbonyl (C=O) groups excluding carboxylic acids is 2. The number of hydrogen-bond donors (Lipinski definition) is 0. The number of hydrogen-bond acceptors (Lipinski definition) is 4. The average Bonchev–Trinajstić information content (AvgIpc) is 2.55. The molecule has 1 aliphatic carbocycles. The van der Waals surface area contributed by atoms with Crippen molar-refractivity contribution in [1.29, 1.82) is 0 Å². The predicted octanol–water partition coefficient (Wildman–Crippen LogP) is 1.99. The topological polar surface area (TPSA) is 55.8 Å². The minimum absolute atomic E-state index is 0.0597. The molecule has 2 fully saturated rings. The van der Waals surface area contributed by atoms with Crippen LogP contribution in [0.25, 0.3) is 0 Å². The van der Waals surface area contributed by atoms with E-state index in [9.17, 15) is 9.59 Å². The van der Waals surface area contributed by atoms with Crippen LogP contribution in [0.4, 0.5) is 0 Å². The normalized spacial score (nSPS) is 21.9. The second kappa shape index (κ2) is 8.37. The van der Waals surface area contributed by atoms with Crippen molar-refractivity contribution in [1.82, 2.24) is 4.90 Å². The Bertz CT molecular complexity index is 346. The van der Waals surface area contributed by atoms with E-state index in [2.05, 4.69) is 0 Å². The van der Waals surface area contributed by atoms with Crippen molar-refractivity contribution < 1.29 is 19.1 Å². The molecule has 2 rings (SSSR count). The lowest BCUT2D eigenvalue weighted by Gasteiger charge is -2.29. The summed E-state index contributed by atoms with van der Waals surface area (Å²) in [5.41, 5.74) is 0. The highest BCUT2D eigenvalue weighted by Crippen LogP contribution is 2.30. The summed E-state index contributed by atoms with van der Waals surface area (Å²) in [6.45, 7) is 2.46. The number of amides is 1. The first kappa shape index (κ1) is 16.3. The molecule has 0 aromatic rings. The van der Waals surface area contributed by atoms with Crippen molar-refractivity contribution in [3.63, 3.8) is 0 Å². The monoisotopic (exact) mass is 297 g/mol. The van der Waals surface area contributed by atoms with Gasteiger partial charge in [0.15, 0.2) is 0 Å². The molecule has 5 heteroatoms. The van der Waals surface area contributed by atoms with E-state index < -0.39 is 0 Å². The fourth-order valence-corrected chi connectivity index (χ4v) is 3.41. The molecule has 5 nitrogen and oxygen atoms in total. The first-order chi connectivity index (χ1) is 10.2. The molecule has 0 N–H and O–H groups in total. The van der Waals surface area contributed by atoms with Crippen molar-refractivity contribution in [3.8, 4) is 0 Å². The summed E-state index contributed by atoms with van der Waals surface area (Å²) in [6.07, 6.45) is 7.22. The van der Waals surface area contributed by atoms with Crippen LogP contribution in [0.3, 0.4) is 0 Å². The van der Waals surface area contributed by atoms with E-state index in [1.54, 1.807) is 4.90 Å². The number of morpholine rings is 1. The fourth-order valence-electron chi connectivity index (χ4n) is 3.41. The Kier molecular flexibility index (Phi) is 6.49. The Hall–Kier alpha value is -1.10. The first-order valence-corrected chi connectivity index (χ1v) is 8.14. The molecular formula is C16H27NO4. The lowest BCUT2D eigenvalue weighted by molar-refractivity contribution is -0.150. The van der Waals surface area contributed by atoms with Crippen molar-refractivity contribution >= 4 is 11.9 Å². The second-order valence-corrected chi connectivity index (χ2v) is 6.16. The van der Waals surface area contributed by atoms with Gasteiger partial charge in [0.2, 0.25) is 5.91 Å². The largest absolute Gasteiger partial charge is 0.469 e. The van der Waals surface area contributed by atoms with Gasteiger partial charge in [-0.1, -0.05) is 32.1 Å². The molecule has 2 aliphatic rings. The average molecular weight is 297 g/mol. The molecule has 1 atom stereocenters. The van der Waals surface area contributed by atoms with Gasteiger partial charge in [0.05, 0.1) is 26.2 Å². The van der Waals surface area contributed by atoms with Crippen LogP contribution in [-0.4, -0.2) is 50.2 Å². The molecule has 120 valence electrons. The summed E-state index contributed by atoms with van der Waals surface area (Å²) < 4.78 is 10.2. The van der Waals surface area contributed by atoms with E-state index in [-0.39, 0.29) is 24.2 Å². The van der Waals surface area contributed by atoms with Gasteiger partial charge in [-0.25, -0.2) is 0 Å². The molecule has 0 aromatic carbocycles. The summed E-state index contributed by atoms with van der Waals surface area (Å²) in [5.74, 6) is 0.112. The third-order valence-corrected chi connectivity index (χ3v) is 4.66. The highest BCUT2D eigenvalue weighted by atomic mass is 16.5. The van der Waals surface area contributed by atoms with Crippen molar-refractivity contribution in [2.45, 2.75) is 44.9 Å². The summed E-state index contributed by atoms with van der Waals surface area (Å²) >= 11 is 0. The third-order valence-electron chi connectivity index (χ3n) is 4.66. The van der Waals surface area contributed by atoms with Gasteiger partial charge in [0.25, 0.3) is 0 Å². The van der Waals surface area contributed by atoms with Gasteiger partial charge in [-0.2, -0.15) is 0 Å². The fraction of sp³-hybridized carbons (Fsp3) is 0.875. The van der Waals surface area contributed by atoms with Gasteiger partial charge in [-0.3, -0.25) is 9.59 Å². The Morgan fingerprint density at radius 1 is 1.19 bits per heavy atom. The van der Waals surface area contributed by atoms with Crippen LogP contribution in [0.2, 0.25) is 0 Å². The quantitative estimate of drug-likeness (QED) is 0.728. The Morgan fingerprint density at radius 3 is 2.48 bits per heavy atom. The summed E-state index contributed by atoms with van der Waals surface area (Å²) in [6, 6.07) is 0. The summed E-state index contributed by atoms with van der Waals surface area (Å²) in [7, 11) is 1.41. The molecule has 0 radical (unpaired) electrons. The second-order valence-electron chi connectivity index (χ2n) is 6.16. The predicted molar refractivity (Wildman–Crippen MR) is 78.7 cm³/mol. The minimum Gasteiger partial charge on any atom is -0.469 e. The molecule has 1 aliphatic heterocycles. The molecule has 0 spiro atoms. The first-order valence-electron chi connectivity index (χ1n) is 8.14. The molecule has 0 aromatic heterocycles. The van der Waals surface area contributed by atoms with E-state index in [1.165, 1.54) is 39.2 Å². The minimum atomic E-state index is -0.284. The summed E-state index contributed by atoms with van der Waals surface area (Å²) in [4.78, 5) is 26.1. The van der Waals surface area contributed by atoms with Gasteiger partial charge < -0.3 is 14.4 Å². The van der Waals surface area contributed by atoms with Crippen LogP contribution in [0, 0.1) is 11.8 Å². The van der Waals surface area contributed by atoms with Gasteiger partial charge in [0, 0.05) is 19.5 Å². The van der Waals surface area contributed by atoms with Crippen LogP contribution in [0.15, 0.2) is 0 Å². The Balaban J connectivity index is 1.88. The number of methoxy groups -OCH3 is 1. The number of ether oxygens (including phenoxy) is 2. The van der Waals surface area contributed by atoms with Gasteiger partial charge in [0.1, 0.15) is 0 Å².